The fourth-order valence-corrected chi connectivity index (χ4v) is 10.8. The lowest BCUT2D eigenvalue weighted by Gasteiger charge is -2.46. The number of halogens is 1. The summed E-state index contributed by atoms with van der Waals surface area (Å²) < 4.78 is 30.7. The van der Waals surface area contributed by atoms with Gasteiger partial charge in [0.25, 0.3) is 0 Å². The Morgan fingerprint density at radius 2 is 1.62 bits per heavy atom. The molecule has 6 aliphatic heterocycles. The van der Waals surface area contributed by atoms with Crippen LogP contribution in [0.25, 0.3) is 16.7 Å². The zero-order chi connectivity index (χ0) is 44.1. The monoisotopic (exact) mass is 875 g/mol. The number of aromatic hydroxyl groups is 1. The number of nitrogens with zero attached hydrogens (tertiary/aromatic N) is 7. The lowest BCUT2D eigenvalue weighted by atomic mass is 9.94. The van der Waals surface area contributed by atoms with Crippen LogP contribution in [0.2, 0.25) is 0 Å². The van der Waals surface area contributed by atoms with E-state index in [1.54, 1.807) is 41.4 Å². The Kier molecular flexibility index (Phi) is 11.2. The number of hydrogen-bond acceptors (Lipinski definition) is 13. The largest absolute Gasteiger partial charge is 0.507 e. The number of para-hydroxylation sites is 1. The van der Waals surface area contributed by atoms with Gasteiger partial charge in [0.2, 0.25) is 5.91 Å². The average Bonchev–Trinajstić information content (AvgIpc) is 3.83. The number of piperazine rings is 1. The summed E-state index contributed by atoms with van der Waals surface area (Å²) in [4.78, 5) is 39.6. The van der Waals surface area contributed by atoms with Gasteiger partial charge in [-0.25, -0.2) is 14.2 Å². The number of phenolic OH excluding ortho intramolecular Hbond substituents is 1. The number of ether oxygens (including phenoxy) is 2. The molecule has 17 heteroatoms. The summed E-state index contributed by atoms with van der Waals surface area (Å²) in [6, 6.07) is 16.4. The molecule has 0 saturated carbocycles. The van der Waals surface area contributed by atoms with Gasteiger partial charge < -0.3 is 55.9 Å². The summed E-state index contributed by atoms with van der Waals surface area (Å²) in [5, 5.41) is 13.6. The van der Waals surface area contributed by atoms with Crippen molar-refractivity contribution in [1.82, 2.24) is 24.7 Å². The van der Waals surface area contributed by atoms with Crippen LogP contribution >= 0.6 is 0 Å². The van der Waals surface area contributed by atoms with Crippen molar-refractivity contribution < 1.29 is 28.6 Å². The van der Waals surface area contributed by atoms with Gasteiger partial charge in [-0.15, -0.1) is 0 Å². The maximum Gasteiger partial charge on any atom is 0.328 e. The zero-order valence-corrected chi connectivity index (χ0v) is 36.1. The molecule has 8 N–H and O–H groups in total. The average molecular weight is 876 g/mol. The van der Waals surface area contributed by atoms with E-state index in [2.05, 4.69) is 29.5 Å². The van der Waals surface area contributed by atoms with E-state index in [9.17, 15) is 14.7 Å². The van der Waals surface area contributed by atoms with Crippen LogP contribution in [0.1, 0.15) is 56.6 Å². The zero-order valence-electron chi connectivity index (χ0n) is 36.1. The minimum atomic E-state index is -0.581. The highest BCUT2D eigenvalue weighted by Gasteiger charge is 2.43. The van der Waals surface area contributed by atoms with Gasteiger partial charge in [0.15, 0.2) is 5.79 Å². The number of benzene rings is 2. The first-order valence-electron chi connectivity index (χ1n) is 22.7. The number of aromatic nitrogens is 2. The number of carbonyl (C=O) groups is 2. The van der Waals surface area contributed by atoms with E-state index in [1.165, 1.54) is 0 Å². The number of amides is 3. The molecule has 2 aromatic heterocycles. The smallest absolute Gasteiger partial charge is 0.328 e. The Morgan fingerprint density at radius 3 is 2.33 bits per heavy atom. The minimum absolute atomic E-state index is 0.0239. The van der Waals surface area contributed by atoms with Crippen molar-refractivity contribution in [3.05, 3.63) is 96.0 Å². The van der Waals surface area contributed by atoms with Crippen LogP contribution in [-0.4, -0.2) is 120 Å². The number of hydrogen-bond donors (Lipinski definition) is 5. The highest BCUT2D eigenvalue weighted by atomic mass is 19.1. The van der Waals surface area contributed by atoms with Crippen LogP contribution in [0, 0.1) is 11.7 Å². The van der Waals surface area contributed by atoms with Crippen molar-refractivity contribution in [2.24, 2.45) is 23.1 Å². The van der Waals surface area contributed by atoms with Crippen LogP contribution in [0.5, 0.6) is 5.75 Å². The molecule has 10 rings (SSSR count). The Balaban J connectivity index is 0.703. The van der Waals surface area contributed by atoms with Crippen molar-refractivity contribution in [1.29, 1.82) is 0 Å². The van der Waals surface area contributed by atoms with Gasteiger partial charge in [-0.3, -0.25) is 15.0 Å². The fraction of sp³-hybridized carbons (Fsp3) is 0.468. The van der Waals surface area contributed by atoms with Gasteiger partial charge in [-0.05, 0) is 80.1 Å². The molecule has 2 bridgehead atoms. The maximum absolute atomic E-state index is 15.6. The number of piperidine rings is 2. The van der Waals surface area contributed by atoms with Crippen molar-refractivity contribution in [3.8, 4) is 5.75 Å². The van der Waals surface area contributed by atoms with E-state index < -0.39 is 11.8 Å². The number of rotatable bonds is 9. The molecule has 6 aliphatic rings. The van der Waals surface area contributed by atoms with E-state index in [1.807, 2.05) is 36.5 Å². The number of likely N-dealkylation sites (tertiary alicyclic amines) is 2. The van der Waals surface area contributed by atoms with Crippen LogP contribution in [-0.2, 0) is 14.3 Å². The third kappa shape index (κ3) is 8.16. The number of anilines is 3. The Bertz CT molecular complexity index is 2450. The second-order valence-corrected chi connectivity index (χ2v) is 18.3. The molecular formula is C47H58FN11O5. The second-order valence-electron chi connectivity index (χ2n) is 18.3. The van der Waals surface area contributed by atoms with Crippen LogP contribution in [0.3, 0.4) is 0 Å². The molecule has 0 aliphatic carbocycles. The molecule has 6 saturated heterocycles. The Hall–Kier alpha value is -6.04. The van der Waals surface area contributed by atoms with Crippen molar-refractivity contribution in [2.75, 3.05) is 80.3 Å². The molecule has 2 unspecified atom stereocenters. The second kappa shape index (κ2) is 17.2. The third-order valence-electron chi connectivity index (χ3n) is 14.3. The lowest BCUT2D eigenvalue weighted by Crippen LogP contribution is -2.54. The van der Waals surface area contributed by atoms with E-state index in [-0.39, 0.29) is 47.8 Å². The minimum Gasteiger partial charge on any atom is -0.507 e. The molecule has 8 heterocycles. The molecule has 0 radical (unpaired) electrons. The van der Waals surface area contributed by atoms with Crippen molar-refractivity contribution >= 4 is 45.7 Å². The Morgan fingerprint density at radius 1 is 0.891 bits per heavy atom. The summed E-state index contributed by atoms with van der Waals surface area (Å²) in [6.07, 6.45) is 11.3. The van der Waals surface area contributed by atoms with E-state index in [4.69, 9.17) is 31.7 Å². The maximum atomic E-state index is 15.6. The highest BCUT2D eigenvalue weighted by Crippen LogP contribution is 2.40. The summed E-state index contributed by atoms with van der Waals surface area (Å²) in [6.45, 7) is 7.20. The van der Waals surface area contributed by atoms with Gasteiger partial charge in [0.05, 0.1) is 42.5 Å². The normalized spacial score (nSPS) is 23.6. The summed E-state index contributed by atoms with van der Waals surface area (Å²) in [5.74, 6) is -0.227. The predicted octanol–water partition coefficient (Wildman–Crippen LogP) is 4.36. The number of nitrogens with two attached hydrogens (primary N) is 3. The molecule has 4 aromatic rings. The van der Waals surface area contributed by atoms with Crippen LogP contribution in [0.15, 0.2) is 84.6 Å². The third-order valence-corrected chi connectivity index (χ3v) is 14.3. The van der Waals surface area contributed by atoms with Crippen LogP contribution < -0.4 is 37.2 Å². The molecule has 2 atom stereocenters. The van der Waals surface area contributed by atoms with Gasteiger partial charge in [-0.1, -0.05) is 12.1 Å². The quantitative estimate of drug-likeness (QED) is 0.149. The highest BCUT2D eigenvalue weighted by molar-refractivity contribution is 6.06. The SMILES string of the molecule is NC(N)=C(/C=C(\N)c1ccccc1O)N1CC2CCC(C1)N2c1ccc(F)c(N2CCC(CN3CCC4(CC3)OCC(n3ccc5cc(N6CCC(=O)NC6=O)cnc53)CO4)CC2)c1. The number of urea groups is 1. The van der Waals surface area contributed by atoms with Crippen LogP contribution in [0.4, 0.5) is 26.2 Å². The first-order chi connectivity index (χ1) is 31.0. The molecule has 64 heavy (non-hydrogen) atoms. The van der Waals surface area contributed by atoms with Crippen molar-refractivity contribution in [3.63, 3.8) is 0 Å². The summed E-state index contributed by atoms with van der Waals surface area (Å²) in [5.41, 5.74) is 23.6. The number of pyridine rings is 1. The first kappa shape index (κ1) is 41.9. The molecule has 338 valence electrons. The summed E-state index contributed by atoms with van der Waals surface area (Å²) in [7, 11) is 0. The standard InChI is InChI=1S/C47H58FN11O5/c48-38-8-7-32(59-33-5-6-34(59)27-56(26-33)41(44(50)51)23-39(49)37-3-1-2-4-42(37)60)22-40(38)55-15-9-30(10-16-55)25-54-19-13-47(14-20-54)63-28-36(29-64-47)57-17-11-31-21-35(24-52-45(31)57)58-18-12-43(61)53-46(58)62/h1-4,7-8,11,17,21-24,30,33-34,36,60H,5-6,9-10,12-16,18-20,25-29,49-51H2,(H,53,61,62)/b39-23-. The Labute approximate surface area is 372 Å². The molecular weight excluding hydrogens is 818 g/mol. The number of carbonyl (C=O) groups excluding carboxylic acids is 2. The topological polar surface area (TPSA) is 197 Å². The lowest BCUT2D eigenvalue weighted by molar-refractivity contribution is -0.295. The summed E-state index contributed by atoms with van der Waals surface area (Å²) >= 11 is 0. The number of nitrogens with one attached hydrogen (secondary N) is 1. The molecule has 1 spiro atoms. The molecule has 6 fully saturated rings. The van der Waals surface area contributed by atoms with Gasteiger partial charge in [0.1, 0.15) is 23.0 Å². The van der Waals surface area contributed by atoms with Gasteiger partial charge in [0, 0.05) is 112 Å². The fourth-order valence-electron chi connectivity index (χ4n) is 10.8. The van der Waals surface area contributed by atoms with Crippen molar-refractivity contribution in [2.45, 2.75) is 68.9 Å². The van der Waals surface area contributed by atoms with E-state index in [0.717, 1.165) is 88.0 Å². The number of phenols is 1. The number of allylic oxidation sites excluding steroid dienone is 1. The molecule has 3 amide bonds. The van der Waals surface area contributed by atoms with E-state index in [0.29, 0.717) is 67.1 Å². The first-order valence-corrected chi connectivity index (χ1v) is 22.7. The molecule has 16 nitrogen and oxygen atoms in total. The number of imide groups is 1. The van der Waals surface area contributed by atoms with Gasteiger partial charge in [-0.2, -0.15) is 0 Å². The predicted molar refractivity (Wildman–Crippen MR) is 242 cm³/mol. The van der Waals surface area contributed by atoms with E-state index >= 15 is 4.39 Å². The van der Waals surface area contributed by atoms with Gasteiger partial charge >= 0.3 is 6.03 Å². The number of fused-ring (bicyclic) bond motifs is 3. The molecule has 2 aromatic carbocycles.